The Morgan fingerprint density at radius 2 is 1.32 bits per heavy atom. The Morgan fingerprint density at radius 3 is 1.98 bits per heavy atom. The fraction of sp³-hybridized carbons (Fsp3) is 0.0943. The molecule has 56 heavy (non-hydrogen) atoms. The molecule has 0 bridgehead atoms. The molecular weight excluding hydrogens is 679 g/mol. The quantitative estimate of drug-likeness (QED) is 0.117. The van der Waals surface area contributed by atoms with Gasteiger partial charge in [0.2, 0.25) is 0 Å². The van der Waals surface area contributed by atoms with Crippen LogP contribution in [0.2, 0.25) is 0 Å². The maximum Gasteiger partial charge on any atom is 0.157 e. The van der Waals surface area contributed by atoms with E-state index in [0.717, 1.165) is 46.2 Å². The van der Waals surface area contributed by atoms with E-state index in [1.807, 2.05) is 24.3 Å². The number of rotatable bonds is 9. The summed E-state index contributed by atoms with van der Waals surface area (Å²) in [4.78, 5) is 9.97. The summed E-state index contributed by atoms with van der Waals surface area (Å²) in [6.45, 7) is 6.80. The fourth-order valence-electron chi connectivity index (χ4n) is 8.34. The summed E-state index contributed by atoms with van der Waals surface area (Å²) in [5.41, 5.74) is 21.0. The van der Waals surface area contributed by atoms with E-state index in [1.165, 1.54) is 39.0 Å². The summed E-state index contributed by atoms with van der Waals surface area (Å²) < 4.78 is 0. The minimum Gasteiger partial charge on any atom is -0.383 e. The fourth-order valence-corrected chi connectivity index (χ4v) is 8.34. The molecule has 6 aromatic rings. The van der Waals surface area contributed by atoms with E-state index in [0.29, 0.717) is 18.2 Å². The molecule has 8 rings (SSSR count). The molecule has 2 N–H and O–H groups in total. The molecule has 0 atom stereocenters. The van der Waals surface area contributed by atoms with Crippen LogP contribution in [0.25, 0.3) is 27.8 Å². The molecule has 2 aliphatic carbocycles. The predicted octanol–water partition coefficient (Wildman–Crippen LogP) is 12.5. The third-order valence-corrected chi connectivity index (χ3v) is 10.8. The second-order valence-corrected chi connectivity index (χ2v) is 14.2. The smallest absolute Gasteiger partial charge is 0.157 e. The van der Waals surface area contributed by atoms with Gasteiger partial charge >= 0.3 is 0 Å². The first-order chi connectivity index (χ1) is 27.6. The van der Waals surface area contributed by atoms with E-state index in [2.05, 4.69) is 183 Å². The number of aliphatic imine (C=N–C) groups is 2. The van der Waals surface area contributed by atoms with Crippen molar-refractivity contribution in [1.29, 1.82) is 0 Å². The number of nitrogens with zero attached hydrogens (tertiary/aromatic N) is 2. The molecule has 0 radical (unpaired) electrons. The van der Waals surface area contributed by atoms with E-state index in [-0.39, 0.29) is 0 Å². The van der Waals surface area contributed by atoms with Crippen LogP contribution in [0.3, 0.4) is 0 Å². The van der Waals surface area contributed by atoms with Crippen LogP contribution >= 0.6 is 0 Å². The molecule has 0 fully saturated rings. The Bertz CT molecular complexity index is 2530. The number of fused-ring (bicyclic) bond motifs is 1. The van der Waals surface area contributed by atoms with Crippen molar-refractivity contribution in [2.24, 2.45) is 15.7 Å². The Kier molecular flexibility index (Phi) is 10.5. The molecule has 0 aliphatic heterocycles. The summed E-state index contributed by atoms with van der Waals surface area (Å²) in [6.07, 6.45) is 14.7. The zero-order valence-corrected chi connectivity index (χ0v) is 31.8. The zero-order chi connectivity index (χ0) is 38.3. The van der Waals surface area contributed by atoms with E-state index in [1.54, 1.807) is 0 Å². The number of hydrogen-bond acceptors (Lipinski definition) is 1. The van der Waals surface area contributed by atoms with Crippen LogP contribution in [0.4, 0.5) is 0 Å². The lowest BCUT2D eigenvalue weighted by Gasteiger charge is -2.35. The molecule has 0 spiro atoms. The van der Waals surface area contributed by atoms with Crippen LogP contribution in [-0.2, 0) is 12.0 Å². The molecule has 6 aromatic carbocycles. The van der Waals surface area contributed by atoms with Crippen molar-refractivity contribution in [3.63, 3.8) is 0 Å². The number of amidine groups is 2. The largest absolute Gasteiger partial charge is 0.383 e. The van der Waals surface area contributed by atoms with Gasteiger partial charge in [0.15, 0.2) is 5.84 Å². The van der Waals surface area contributed by atoms with Gasteiger partial charge in [-0.1, -0.05) is 189 Å². The number of allylic oxidation sites excluding steroid dienone is 7. The molecule has 0 aromatic heterocycles. The van der Waals surface area contributed by atoms with Gasteiger partial charge in [0.05, 0.1) is 12.0 Å². The summed E-state index contributed by atoms with van der Waals surface area (Å²) in [5, 5.41) is 0. The maximum absolute atomic E-state index is 6.62. The van der Waals surface area contributed by atoms with Crippen LogP contribution < -0.4 is 5.73 Å². The molecule has 0 heterocycles. The van der Waals surface area contributed by atoms with Gasteiger partial charge < -0.3 is 5.73 Å². The number of benzene rings is 6. The Hall–Kier alpha value is -6.84. The van der Waals surface area contributed by atoms with Gasteiger partial charge in [-0.05, 0) is 93.1 Å². The SMILES string of the molecule is C=CC=C1/C(=C\C)C(c2ccccc2)(c2ccccc2)c2c1cccc2-c1cccc(-c2cccc(C(N=C(N)C3=CCCC=C3)=NCc3ccccc3)c2)c1. The zero-order valence-electron chi connectivity index (χ0n) is 31.8. The van der Waals surface area contributed by atoms with Crippen LogP contribution in [0, 0.1) is 0 Å². The molecule has 0 unspecified atom stereocenters. The van der Waals surface area contributed by atoms with E-state index in [9.17, 15) is 0 Å². The second kappa shape index (κ2) is 16.3. The summed E-state index contributed by atoms with van der Waals surface area (Å²) in [6, 6.07) is 56.2. The van der Waals surface area contributed by atoms with Gasteiger partial charge in [0.25, 0.3) is 0 Å². The highest BCUT2D eigenvalue weighted by molar-refractivity contribution is 6.12. The van der Waals surface area contributed by atoms with Crippen molar-refractivity contribution in [1.82, 2.24) is 0 Å². The molecule has 0 saturated heterocycles. The van der Waals surface area contributed by atoms with Crippen molar-refractivity contribution in [3.05, 3.63) is 245 Å². The van der Waals surface area contributed by atoms with Gasteiger partial charge in [0.1, 0.15) is 5.84 Å². The normalized spacial score (nSPS) is 16.5. The summed E-state index contributed by atoms with van der Waals surface area (Å²) >= 11 is 0. The van der Waals surface area contributed by atoms with Crippen LogP contribution in [0.15, 0.2) is 222 Å². The first kappa shape index (κ1) is 36.2. The number of nitrogens with two attached hydrogens (primary N) is 1. The van der Waals surface area contributed by atoms with Gasteiger partial charge in [-0.3, -0.25) is 4.99 Å². The van der Waals surface area contributed by atoms with Gasteiger partial charge in [-0.15, -0.1) is 0 Å². The van der Waals surface area contributed by atoms with Crippen molar-refractivity contribution in [2.45, 2.75) is 31.7 Å². The van der Waals surface area contributed by atoms with Crippen molar-refractivity contribution < 1.29 is 0 Å². The van der Waals surface area contributed by atoms with Gasteiger partial charge in [0, 0.05) is 11.1 Å². The minimum atomic E-state index is -0.543. The predicted molar refractivity (Wildman–Crippen MR) is 237 cm³/mol. The standard InChI is InChI=1S/C53H45N3/c1-3-20-47-48-34-19-33-46(50(48)53(49(47)4-2,44-29-13-7-14-30-44)45-31-15-8-16-32-45)42-27-17-25-40(35-42)41-26-18-28-43(36-41)52(55-37-38-21-9-5-10-22-38)56-51(54)39-23-11-6-12-24-39/h3-5,7-11,13-36H,1,6,12,37H2,2H3,(H2,54,55,56)/b47-20?,49-4+. The average molecular weight is 724 g/mol. The molecule has 3 heteroatoms. The maximum atomic E-state index is 6.62. The van der Waals surface area contributed by atoms with Gasteiger partial charge in [-0.25, -0.2) is 4.99 Å². The van der Waals surface area contributed by atoms with Crippen molar-refractivity contribution in [3.8, 4) is 22.3 Å². The monoisotopic (exact) mass is 723 g/mol. The highest BCUT2D eigenvalue weighted by atomic mass is 15.0. The first-order valence-corrected chi connectivity index (χ1v) is 19.4. The Balaban J connectivity index is 1.27. The van der Waals surface area contributed by atoms with E-state index >= 15 is 0 Å². The molecular formula is C53H45N3. The topological polar surface area (TPSA) is 50.7 Å². The lowest BCUT2D eigenvalue weighted by molar-refractivity contribution is 0.769. The Morgan fingerprint density at radius 1 is 0.696 bits per heavy atom. The molecule has 272 valence electrons. The van der Waals surface area contributed by atoms with Crippen molar-refractivity contribution in [2.75, 3.05) is 0 Å². The number of hydrogen-bond donors (Lipinski definition) is 1. The lowest BCUT2D eigenvalue weighted by Crippen LogP contribution is -2.29. The molecule has 3 nitrogen and oxygen atoms in total. The van der Waals surface area contributed by atoms with Crippen molar-refractivity contribution >= 4 is 17.2 Å². The minimum absolute atomic E-state index is 0.476. The second-order valence-electron chi connectivity index (χ2n) is 14.2. The summed E-state index contributed by atoms with van der Waals surface area (Å²) in [5.74, 6) is 1.09. The lowest BCUT2D eigenvalue weighted by atomic mass is 9.66. The highest BCUT2D eigenvalue weighted by Gasteiger charge is 2.49. The molecule has 2 aliphatic rings. The van der Waals surface area contributed by atoms with Gasteiger partial charge in [-0.2, -0.15) is 0 Å². The van der Waals surface area contributed by atoms with Crippen LogP contribution in [-0.4, -0.2) is 11.7 Å². The van der Waals surface area contributed by atoms with E-state index in [4.69, 9.17) is 15.7 Å². The molecule has 0 saturated carbocycles. The Labute approximate surface area is 331 Å². The van der Waals surface area contributed by atoms with Crippen LogP contribution in [0.1, 0.15) is 53.1 Å². The third-order valence-electron chi connectivity index (χ3n) is 10.8. The highest BCUT2D eigenvalue weighted by Crippen LogP contribution is 2.59. The average Bonchev–Trinajstić information content (AvgIpc) is 3.56. The first-order valence-electron chi connectivity index (χ1n) is 19.4. The molecule has 0 amide bonds. The van der Waals surface area contributed by atoms with E-state index < -0.39 is 5.41 Å². The van der Waals surface area contributed by atoms with Crippen LogP contribution in [0.5, 0.6) is 0 Å². The third kappa shape index (κ3) is 6.85. The summed E-state index contributed by atoms with van der Waals surface area (Å²) in [7, 11) is 0.